The fourth-order valence-electron chi connectivity index (χ4n) is 8.26. The van der Waals surface area contributed by atoms with Gasteiger partial charge in [0.05, 0.1) is 0 Å². The Morgan fingerprint density at radius 1 is 0.853 bits per heavy atom. The van der Waals surface area contributed by atoms with Crippen LogP contribution in [0.5, 0.6) is 0 Å². The second-order valence-electron chi connectivity index (χ2n) is 12.5. The summed E-state index contributed by atoms with van der Waals surface area (Å²) in [7, 11) is 0. The summed E-state index contributed by atoms with van der Waals surface area (Å²) in [5.41, 5.74) is 1.85. The van der Waals surface area contributed by atoms with Crippen molar-refractivity contribution in [3.8, 4) is 0 Å². The Morgan fingerprint density at radius 2 is 1.47 bits per heavy atom. The molecule has 2 heteroatoms. The van der Waals surface area contributed by atoms with E-state index in [1.54, 1.807) is 0 Å². The minimum atomic E-state index is 0.00189. The molecule has 0 heterocycles. The Bertz CT molecular complexity index is 656. The molecule has 1 atom stereocenters. The molecule has 3 saturated carbocycles. The van der Waals surface area contributed by atoms with Gasteiger partial charge in [-0.05, 0) is 125 Å². The predicted molar refractivity (Wildman–Crippen MR) is 145 cm³/mol. The number of hydrogen-bond donors (Lipinski definition) is 1. The van der Waals surface area contributed by atoms with Gasteiger partial charge in [-0.3, -0.25) is 4.79 Å². The third-order valence-corrected chi connectivity index (χ3v) is 10.5. The van der Waals surface area contributed by atoms with Gasteiger partial charge in [0.2, 0.25) is 5.91 Å². The molecule has 0 radical (unpaired) electrons. The van der Waals surface area contributed by atoms with Gasteiger partial charge in [-0.15, -0.1) is 0 Å². The van der Waals surface area contributed by atoms with Gasteiger partial charge in [-0.25, -0.2) is 0 Å². The van der Waals surface area contributed by atoms with Gasteiger partial charge in [0.15, 0.2) is 0 Å². The maximum atomic E-state index is 11.6. The van der Waals surface area contributed by atoms with Crippen molar-refractivity contribution < 1.29 is 4.79 Å². The molecular formula is C32H53NO. The third kappa shape index (κ3) is 7.23. The van der Waals surface area contributed by atoms with Crippen molar-refractivity contribution >= 4 is 5.91 Å². The molecule has 4 aliphatic carbocycles. The first-order valence-corrected chi connectivity index (χ1v) is 15.3. The first kappa shape index (κ1) is 26.0. The molecule has 3 fully saturated rings. The monoisotopic (exact) mass is 467 g/mol. The Kier molecular flexibility index (Phi) is 10.2. The number of allylic oxidation sites excluding steroid dienone is 2. The van der Waals surface area contributed by atoms with E-state index < -0.39 is 0 Å². The summed E-state index contributed by atoms with van der Waals surface area (Å²) in [4.78, 5) is 11.6. The molecule has 34 heavy (non-hydrogen) atoms. The van der Waals surface area contributed by atoms with Gasteiger partial charge in [-0.1, -0.05) is 63.7 Å². The average Bonchev–Trinajstić information content (AvgIpc) is 2.90. The highest BCUT2D eigenvalue weighted by molar-refractivity contribution is 5.87. The zero-order valence-electron chi connectivity index (χ0n) is 22.2. The normalized spacial score (nSPS) is 37.0. The van der Waals surface area contributed by atoms with Crippen LogP contribution in [0, 0.1) is 35.5 Å². The van der Waals surface area contributed by atoms with Crippen LogP contribution in [0.4, 0.5) is 0 Å². The maximum absolute atomic E-state index is 11.6. The molecule has 0 aliphatic heterocycles. The average molecular weight is 468 g/mol. The molecule has 0 aromatic rings. The lowest BCUT2D eigenvalue weighted by Crippen LogP contribution is -2.38. The van der Waals surface area contributed by atoms with Crippen LogP contribution in [-0.2, 0) is 4.79 Å². The van der Waals surface area contributed by atoms with E-state index in [0.717, 1.165) is 48.3 Å². The standard InChI is InChI=1S/C32H53NO/c1-3-5-6-7-24-8-10-25(11-9-24)26-12-14-27(15-13-26)28-16-18-29(19-17-28)30-20-22-31(23-21-30)33-32(34)4-2/h4,14,24-26,28-31H,2-3,5-13,15-23H2,1H3,(H,33,34). The van der Waals surface area contributed by atoms with Crippen molar-refractivity contribution in [2.24, 2.45) is 35.5 Å². The summed E-state index contributed by atoms with van der Waals surface area (Å²) in [6.07, 6.45) is 31.0. The molecule has 1 N–H and O–H groups in total. The fraction of sp³-hybridized carbons (Fsp3) is 0.844. The van der Waals surface area contributed by atoms with Crippen LogP contribution in [0.25, 0.3) is 0 Å². The minimum absolute atomic E-state index is 0.00189. The van der Waals surface area contributed by atoms with Crippen LogP contribution in [0.2, 0.25) is 0 Å². The Balaban J connectivity index is 1.14. The van der Waals surface area contributed by atoms with Crippen LogP contribution in [0.15, 0.2) is 24.3 Å². The van der Waals surface area contributed by atoms with Crippen molar-refractivity contribution in [2.75, 3.05) is 0 Å². The number of rotatable bonds is 9. The fourth-order valence-corrected chi connectivity index (χ4v) is 8.26. The number of nitrogens with one attached hydrogen (secondary N) is 1. The Labute approximate surface area is 210 Å². The molecular weight excluding hydrogens is 414 g/mol. The SMILES string of the molecule is C=CC(=O)NC1CCC(C2CCC(C3=CCC(C4CCC(CCCCC)CC4)CC3)CC2)CC1. The number of amides is 1. The molecule has 192 valence electrons. The molecule has 1 amide bonds. The van der Waals surface area contributed by atoms with Crippen LogP contribution in [-0.4, -0.2) is 11.9 Å². The first-order chi connectivity index (χ1) is 16.7. The zero-order chi connectivity index (χ0) is 23.8. The Hall–Kier alpha value is -1.05. The van der Waals surface area contributed by atoms with Crippen molar-refractivity contribution in [1.82, 2.24) is 5.32 Å². The van der Waals surface area contributed by atoms with E-state index in [9.17, 15) is 4.79 Å². The quantitative estimate of drug-likeness (QED) is 0.205. The maximum Gasteiger partial charge on any atom is 0.243 e. The van der Waals surface area contributed by atoms with E-state index in [1.165, 1.54) is 115 Å². The zero-order valence-corrected chi connectivity index (χ0v) is 22.2. The third-order valence-electron chi connectivity index (χ3n) is 10.5. The smallest absolute Gasteiger partial charge is 0.243 e. The van der Waals surface area contributed by atoms with Crippen LogP contribution < -0.4 is 5.32 Å². The second kappa shape index (κ2) is 13.3. The van der Waals surface area contributed by atoms with Crippen molar-refractivity contribution in [2.45, 2.75) is 135 Å². The summed E-state index contributed by atoms with van der Waals surface area (Å²) in [5, 5.41) is 3.12. The van der Waals surface area contributed by atoms with Gasteiger partial charge < -0.3 is 5.32 Å². The molecule has 4 rings (SSSR count). The summed E-state index contributed by atoms with van der Waals surface area (Å²) >= 11 is 0. The highest BCUT2D eigenvalue weighted by atomic mass is 16.1. The van der Waals surface area contributed by atoms with Crippen molar-refractivity contribution in [1.29, 1.82) is 0 Å². The molecule has 0 bridgehead atoms. The molecule has 0 saturated heterocycles. The predicted octanol–water partition coefficient (Wildman–Crippen LogP) is 8.77. The molecule has 0 aromatic carbocycles. The molecule has 4 aliphatic rings. The molecule has 1 unspecified atom stereocenters. The summed E-state index contributed by atoms with van der Waals surface area (Å²) in [6, 6.07) is 0.384. The lowest BCUT2D eigenvalue weighted by atomic mass is 9.66. The lowest BCUT2D eigenvalue weighted by Gasteiger charge is -2.40. The highest BCUT2D eigenvalue weighted by Crippen LogP contribution is 2.46. The Morgan fingerprint density at radius 3 is 2.06 bits per heavy atom. The molecule has 2 nitrogen and oxygen atoms in total. The van der Waals surface area contributed by atoms with Crippen molar-refractivity contribution in [3.05, 3.63) is 24.3 Å². The summed E-state index contributed by atoms with van der Waals surface area (Å²) in [5.74, 6) is 5.82. The van der Waals surface area contributed by atoms with Gasteiger partial charge in [0.1, 0.15) is 0 Å². The number of carbonyl (C=O) groups is 1. The van der Waals surface area contributed by atoms with E-state index in [2.05, 4.69) is 24.9 Å². The number of hydrogen-bond acceptors (Lipinski definition) is 1. The summed E-state index contributed by atoms with van der Waals surface area (Å²) in [6.45, 7) is 5.91. The van der Waals surface area contributed by atoms with Gasteiger partial charge >= 0.3 is 0 Å². The number of carbonyl (C=O) groups excluding carboxylic acids is 1. The van der Waals surface area contributed by atoms with Gasteiger partial charge in [-0.2, -0.15) is 0 Å². The van der Waals surface area contributed by atoms with E-state index in [0.29, 0.717) is 6.04 Å². The molecule has 0 spiro atoms. The summed E-state index contributed by atoms with van der Waals surface area (Å²) < 4.78 is 0. The van der Waals surface area contributed by atoms with E-state index >= 15 is 0 Å². The largest absolute Gasteiger partial charge is 0.350 e. The number of unbranched alkanes of at least 4 members (excludes halogenated alkanes) is 2. The van der Waals surface area contributed by atoms with E-state index in [4.69, 9.17) is 0 Å². The first-order valence-electron chi connectivity index (χ1n) is 15.3. The van der Waals surface area contributed by atoms with E-state index in [1.807, 2.05) is 5.57 Å². The minimum Gasteiger partial charge on any atom is -0.350 e. The lowest BCUT2D eigenvalue weighted by molar-refractivity contribution is -0.117. The van der Waals surface area contributed by atoms with Crippen LogP contribution in [0.1, 0.15) is 129 Å². The topological polar surface area (TPSA) is 29.1 Å². The molecule has 0 aromatic heterocycles. The van der Waals surface area contributed by atoms with Crippen LogP contribution in [0.3, 0.4) is 0 Å². The van der Waals surface area contributed by atoms with Gasteiger partial charge in [0.25, 0.3) is 0 Å². The van der Waals surface area contributed by atoms with E-state index in [-0.39, 0.29) is 5.91 Å². The highest BCUT2D eigenvalue weighted by Gasteiger charge is 2.34. The van der Waals surface area contributed by atoms with Crippen LogP contribution >= 0.6 is 0 Å². The van der Waals surface area contributed by atoms with Crippen molar-refractivity contribution in [3.63, 3.8) is 0 Å². The second-order valence-corrected chi connectivity index (χ2v) is 12.5. The van der Waals surface area contributed by atoms with Gasteiger partial charge in [0, 0.05) is 6.04 Å².